The lowest BCUT2D eigenvalue weighted by atomic mass is 9.86. The van der Waals surface area contributed by atoms with Crippen LogP contribution in [0.25, 0.3) is 0 Å². The summed E-state index contributed by atoms with van der Waals surface area (Å²) >= 11 is 0. The molecule has 2 heteroatoms. The number of hydrogen-bond acceptors (Lipinski definition) is 2. The zero-order valence-corrected chi connectivity index (χ0v) is 10.9. The van der Waals surface area contributed by atoms with Crippen LogP contribution in [0.3, 0.4) is 0 Å². The first-order chi connectivity index (χ1) is 8.83. The van der Waals surface area contributed by atoms with Gasteiger partial charge in [0.25, 0.3) is 0 Å². The highest BCUT2D eigenvalue weighted by Gasteiger charge is 2.25. The van der Waals surface area contributed by atoms with Gasteiger partial charge in [-0.2, -0.15) is 0 Å². The van der Waals surface area contributed by atoms with Gasteiger partial charge in [-0.1, -0.05) is 43.5 Å². The third-order valence-electron chi connectivity index (χ3n) is 4.35. The molecule has 3 rings (SSSR count). The van der Waals surface area contributed by atoms with E-state index in [9.17, 15) is 4.79 Å². The topological polar surface area (TPSA) is 20.3 Å². The van der Waals surface area contributed by atoms with Crippen LogP contribution in [0.2, 0.25) is 0 Å². The number of hydrogen-bond donors (Lipinski definition) is 0. The Kier molecular flexibility index (Phi) is 3.46. The molecule has 0 spiro atoms. The van der Waals surface area contributed by atoms with Gasteiger partial charge in [0.2, 0.25) is 0 Å². The maximum Gasteiger partial charge on any atom is 0.149 e. The van der Waals surface area contributed by atoms with Gasteiger partial charge in [-0.25, -0.2) is 0 Å². The second-order valence-electron chi connectivity index (χ2n) is 5.72. The van der Waals surface area contributed by atoms with Crippen molar-refractivity contribution in [1.82, 2.24) is 4.90 Å². The first-order valence-corrected chi connectivity index (χ1v) is 7.15. The Hall–Kier alpha value is -1.15. The summed E-state index contributed by atoms with van der Waals surface area (Å²) in [5.74, 6) is 0.824. The minimum atomic E-state index is 0.350. The molecule has 0 amide bonds. The average Bonchev–Trinajstić information content (AvgIpc) is 2.82. The lowest BCUT2D eigenvalue weighted by molar-refractivity contribution is -0.125. The van der Waals surface area contributed by atoms with Crippen LogP contribution in [0.4, 0.5) is 0 Å². The largest absolute Gasteiger partial charge is 0.298 e. The van der Waals surface area contributed by atoms with E-state index in [1.165, 1.54) is 30.4 Å². The van der Waals surface area contributed by atoms with Crippen LogP contribution in [0.1, 0.15) is 43.2 Å². The molecule has 1 aliphatic carbocycles. The fourth-order valence-electron chi connectivity index (χ4n) is 3.29. The summed E-state index contributed by atoms with van der Waals surface area (Å²) in [6, 6.07) is 8.54. The van der Waals surface area contributed by atoms with Crippen molar-refractivity contribution >= 4 is 5.78 Å². The minimum absolute atomic E-state index is 0.350. The van der Waals surface area contributed by atoms with Crippen LogP contribution in [-0.2, 0) is 17.9 Å². The molecule has 1 heterocycles. The van der Waals surface area contributed by atoms with Crippen molar-refractivity contribution in [2.75, 3.05) is 6.54 Å². The van der Waals surface area contributed by atoms with Crippen molar-refractivity contribution in [2.24, 2.45) is 5.92 Å². The van der Waals surface area contributed by atoms with Gasteiger partial charge >= 0.3 is 0 Å². The normalized spacial score (nSPS) is 20.9. The highest BCUT2D eigenvalue weighted by Crippen LogP contribution is 2.26. The molecule has 0 saturated heterocycles. The molecule has 1 aromatic carbocycles. The van der Waals surface area contributed by atoms with E-state index in [0.717, 1.165) is 25.9 Å². The smallest absolute Gasteiger partial charge is 0.149 e. The summed E-state index contributed by atoms with van der Waals surface area (Å²) < 4.78 is 0. The maximum absolute atomic E-state index is 12.3. The van der Waals surface area contributed by atoms with E-state index in [1.807, 2.05) is 0 Å². The van der Waals surface area contributed by atoms with Gasteiger partial charge in [-0.3, -0.25) is 9.69 Å². The van der Waals surface area contributed by atoms with Gasteiger partial charge < -0.3 is 0 Å². The molecule has 2 nitrogen and oxygen atoms in total. The average molecular weight is 243 g/mol. The molecule has 1 aromatic rings. The fraction of sp³-hybridized carbons (Fsp3) is 0.562. The van der Waals surface area contributed by atoms with Gasteiger partial charge in [-0.05, 0) is 24.0 Å². The predicted molar refractivity (Wildman–Crippen MR) is 72.1 cm³/mol. The quantitative estimate of drug-likeness (QED) is 0.813. The van der Waals surface area contributed by atoms with Crippen molar-refractivity contribution in [1.29, 1.82) is 0 Å². The Bertz CT molecular complexity index is 409. The number of ketones is 1. The van der Waals surface area contributed by atoms with Crippen LogP contribution < -0.4 is 0 Å². The van der Waals surface area contributed by atoms with Crippen LogP contribution in [0, 0.1) is 5.92 Å². The lowest BCUT2D eigenvalue weighted by Crippen LogP contribution is -2.30. The zero-order chi connectivity index (χ0) is 12.4. The van der Waals surface area contributed by atoms with E-state index >= 15 is 0 Å². The molecule has 1 fully saturated rings. The van der Waals surface area contributed by atoms with Gasteiger partial charge in [0.05, 0.1) is 6.54 Å². The number of rotatable bonds is 3. The summed E-state index contributed by atoms with van der Waals surface area (Å²) in [6.07, 6.45) is 6.06. The Balaban J connectivity index is 1.57. The number of Topliss-reactive ketones (excluding diaryl/α,β-unsaturated/α-hetero) is 1. The Morgan fingerprint density at radius 1 is 1.06 bits per heavy atom. The molecule has 0 bridgehead atoms. The van der Waals surface area contributed by atoms with Crippen LogP contribution in [0.5, 0.6) is 0 Å². The van der Waals surface area contributed by atoms with Crippen LogP contribution in [-0.4, -0.2) is 17.2 Å². The van der Waals surface area contributed by atoms with E-state index in [4.69, 9.17) is 0 Å². The molecule has 96 valence electrons. The zero-order valence-electron chi connectivity index (χ0n) is 10.9. The summed E-state index contributed by atoms with van der Waals surface area (Å²) in [4.78, 5) is 14.6. The molecular weight excluding hydrogens is 222 g/mol. The lowest BCUT2D eigenvalue weighted by Gasteiger charge is -2.23. The van der Waals surface area contributed by atoms with E-state index in [1.54, 1.807) is 0 Å². The van der Waals surface area contributed by atoms with Gasteiger partial charge in [-0.15, -0.1) is 0 Å². The maximum atomic E-state index is 12.3. The molecule has 0 radical (unpaired) electrons. The summed E-state index contributed by atoms with van der Waals surface area (Å²) in [5, 5.41) is 0. The molecule has 0 unspecified atom stereocenters. The summed E-state index contributed by atoms with van der Waals surface area (Å²) in [5.41, 5.74) is 2.79. The Morgan fingerprint density at radius 3 is 2.28 bits per heavy atom. The molecule has 0 aromatic heterocycles. The monoisotopic (exact) mass is 243 g/mol. The van der Waals surface area contributed by atoms with E-state index < -0.39 is 0 Å². The summed E-state index contributed by atoms with van der Waals surface area (Å²) in [6.45, 7) is 2.56. The highest BCUT2D eigenvalue weighted by atomic mass is 16.1. The molecule has 18 heavy (non-hydrogen) atoms. The Labute approximate surface area is 109 Å². The number of fused-ring (bicyclic) bond motifs is 1. The van der Waals surface area contributed by atoms with E-state index in [-0.39, 0.29) is 0 Å². The van der Waals surface area contributed by atoms with E-state index in [2.05, 4.69) is 29.2 Å². The minimum Gasteiger partial charge on any atom is -0.298 e. The molecule has 0 atom stereocenters. The number of carbonyl (C=O) groups is 1. The van der Waals surface area contributed by atoms with Gasteiger partial charge in [0.1, 0.15) is 5.78 Å². The molecule has 2 aliphatic rings. The van der Waals surface area contributed by atoms with Crippen molar-refractivity contribution in [3.05, 3.63) is 35.4 Å². The fourth-order valence-corrected chi connectivity index (χ4v) is 3.29. The highest BCUT2D eigenvalue weighted by molar-refractivity contribution is 5.83. The third kappa shape index (κ3) is 2.49. The SMILES string of the molecule is O=C(CN1Cc2ccccc2C1)C1CCCCC1. The molecule has 1 saturated carbocycles. The summed E-state index contributed by atoms with van der Waals surface area (Å²) in [7, 11) is 0. The van der Waals surface area contributed by atoms with E-state index in [0.29, 0.717) is 18.2 Å². The van der Waals surface area contributed by atoms with Crippen molar-refractivity contribution in [2.45, 2.75) is 45.2 Å². The molecular formula is C16H21NO. The number of nitrogens with zero attached hydrogens (tertiary/aromatic N) is 1. The Morgan fingerprint density at radius 2 is 1.67 bits per heavy atom. The number of carbonyl (C=O) groups excluding carboxylic acids is 1. The molecule has 1 aliphatic heterocycles. The number of benzene rings is 1. The van der Waals surface area contributed by atoms with Crippen molar-refractivity contribution in [3.8, 4) is 0 Å². The van der Waals surface area contributed by atoms with Crippen molar-refractivity contribution < 1.29 is 4.79 Å². The van der Waals surface area contributed by atoms with Crippen molar-refractivity contribution in [3.63, 3.8) is 0 Å². The second-order valence-corrected chi connectivity index (χ2v) is 5.72. The van der Waals surface area contributed by atoms with Gasteiger partial charge in [0.15, 0.2) is 0 Å². The third-order valence-corrected chi connectivity index (χ3v) is 4.35. The first kappa shape index (κ1) is 11.9. The van der Waals surface area contributed by atoms with Crippen LogP contribution >= 0.6 is 0 Å². The second kappa shape index (κ2) is 5.23. The predicted octanol–water partition coefficient (Wildman–Crippen LogP) is 3.15. The van der Waals surface area contributed by atoms with Gasteiger partial charge in [0, 0.05) is 19.0 Å². The van der Waals surface area contributed by atoms with Crippen LogP contribution in [0.15, 0.2) is 24.3 Å². The first-order valence-electron chi connectivity index (χ1n) is 7.15. The standard InChI is InChI=1S/C16H21NO/c18-16(13-6-2-1-3-7-13)12-17-10-14-8-4-5-9-15(14)11-17/h4-5,8-9,13H,1-3,6-7,10-12H2. The molecule has 0 N–H and O–H groups in total.